The number of fused-ring (bicyclic) bond motifs is 7. The maximum atomic E-state index is 9.97. The molecule has 51 heavy (non-hydrogen) atoms. The molecule has 0 aliphatic heterocycles. The molecule has 0 fully saturated rings. The van der Waals surface area contributed by atoms with Crippen molar-refractivity contribution < 1.29 is 39.8 Å². The summed E-state index contributed by atoms with van der Waals surface area (Å²) in [4.78, 5) is 0.500. The highest BCUT2D eigenvalue weighted by atomic mass is 32.1. The zero-order chi connectivity index (χ0) is 59.3. The van der Waals surface area contributed by atoms with Gasteiger partial charge >= 0.3 is 0 Å². The first-order chi connectivity index (χ1) is 37.1. The summed E-state index contributed by atoms with van der Waals surface area (Å²) in [5.74, 6) is 0. The van der Waals surface area contributed by atoms with Gasteiger partial charge < -0.3 is 4.90 Å². The molecule has 0 radical (unpaired) electrons. The SMILES string of the molecule is [2H]c1c([2H])c([2H])c(-c2c([2H])c([2H])c(N(c3c([2H])c([2H])c4c(c3[2H])C(C)(C)c3c([2H])c([2H])c([2H])c([2H])c3-4)c3c([2H])c([2H])c4c([2H])c(-c5c([2H])c([2H])c6sc7c([2H])c([2H])c([2H])c([2H])c7c6c5[2H])c([2H])c([2H])c4c3[2H])c([2H])c2[2H])c([2H])c1[2H]. The van der Waals surface area contributed by atoms with E-state index in [9.17, 15) is 19.2 Å². The number of rotatable bonds is 5. The van der Waals surface area contributed by atoms with Gasteiger partial charge in [0, 0.05) is 42.6 Å². The third kappa shape index (κ3) is 4.90. The molecule has 1 aliphatic carbocycles. The van der Waals surface area contributed by atoms with Crippen molar-refractivity contribution in [2.24, 2.45) is 0 Å². The molecule has 8 aromatic carbocycles. The number of benzene rings is 8. The fraction of sp³-hybridized carbons (Fsp3) is 0.0612. The van der Waals surface area contributed by atoms with Gasteiger partial charge in [-0.15, -0.1) is 11.3 Å². The average Bonchev–Trinajstić information content (AvgIpc) is 3.44. The van der Waals surface area contributed by atoms with Gasteiger partial charge in [0.05, 0.1) is 39.8 Å². The molecule has 1 aliphatic rings. The average molecular weight is 699 g/mol. The van der Waals surface area contributed by atoms with Crippen LogP contribution in [-0.4, -0.2) is 0 Å². The lowest BCUT2D eigenvalue weighted by atomic mass is 9.82. The smallest absolute Gasteiger partial charge is 0.0651 e. The van der Waals surface area contributed by atoms with Crippen LogP contribution in [0.25, 0.3) is 64.3 Å². The second kappa shape index (κ2) is 11.6. The van der Waals surface area contributed by atoms with Gasteiger partial charge in [0.2, 0.25) is 0 Å². The number of hydrogen-bond donors (Lipinski definition) is 0. The van der Waals surface area contributed by atoms with Crippen molar-refractivity contribution in [3.8, 4) is 33.4 Å². The summed E-state index contributed by atoms with van der Waals surface area (Å²) in [6, 6.07) is -25.2. The molecule has 9 aromatic rings. The Bertz CT molecular complexity index is 4390. The van der Waals surface area contributed by atoms with Crippen molar-refractivity contribution in [2.45, 2.75) is 19.3 Å². The Morgan fingerprint density at radius 1 is 0.431 bits per heavy atom. The Labute approximate surface area is 343 Å². The van der Waals surface area contributed by atoms with Gasteiger partial charge in [-0.25, -0.2) is 0 Å². The van der Waals surface area contributed by atoms with E-state index >= 15 is 0 Å². The topological polar surface area (TPSA) is 3.24 Å². The lowest BCUT2D eigenvalue weighted by Crippen LogP contribution is -2.16. The van der Waals surface area contributed by atoms with Gasteiger partial charge in [0.15, 0.2) is 0 Å². The van der Waals surface area contributed by atoms with E-state index in [1.54, 1.807) is 0 Å². The molecule has 0 N–H and O–H groups in total. The van der Waals surface area contributed by atoms with Crippen molar-refractivity contribution in [2.75, 3.05) is 4.90 Å². The second-order valence-electron chi connectivity index (χ2n) is 11.9. The minimum absolute atomic E-state index is 0.0675. The van der Waals surface area contributed by atoms with Crippen LogP contribution in [0.2, 0.25) is 0 Å². The van der Waals surface area contributed by atoms with Crippen LogP contribution in [0.3, 0.4) is 0 Å². The summed E-state index contributed by atoms with van der Waals surface area (Å²) in [6.45, 7) is 2.89. The first kappa shape index (κ1) is 12.7. The zero-order valence-electron chi connectivity index (χ0n) is 55.4. The zero-order valence-corrected chi connectivity index (χ0v) is 27.2. The second-order valence-corrected chi connectivity index (χ2v) is 12.9. The number of thiophene rings is 1. The lowest BCUT2D eigenvalue weighted by molar-refractivity contribution is 0.660. The van der Waals surface area contributed by atoms with Crippen LogP contribution in [0.4, 0.5) is 17.1 Å². The van der Waals surface area contributed by atoms with Crippen molar-refractivity contribution in [1.29, 1.82) is 0 Å². The molecule has 1 nitrogen and oxygen atoms in total. The van der Waals surface area contributed by atoms with Gasteiger partial charge in [-0.05, 0) is 116 Å². The van der Waals surface area contributed by atoms with Crippen LogP contribution in [0.1, 0.15) is 64.7 Å². The Morgan fingerprint density at radius 3 is 1.90 bits per heavy atom. The first-order valence-electron chi connectivity index (χ1n) is 29.8. The maximum absolute atomic E-state index is 9.97. The molecule has 0 spiro atoms. The molecular formula is C49H35NS. The number of anilines is 3. The van der Waals surface area contributed by atoms with E-state index in [1.165, 1.54) is 13.8 Å². The van der Waals surface area contributed by atoms with E-state index in [0.29, 0.717) is 16.2 Å². The van der Waals surface area contributed by atoms with Crippen molar-refractivity contribution in [3.05, 3.63) is 186 Å². The van der Waals surface area contributed by atoms with E-state index in [1.807, 2.05) is 0 Å². The molecular weight excluding hydrogens is 635 g/mol. The van der Waals surface area contributed by atoms with Crippen LogP contribution < -0.4 is 4.90 Å². The largest absolute Gasteiger partial charge is 0.310 e. The first-order valence-corrected chi connectivity index (χ1v) is 16.1. The summed E-state index contributed by atoms with van der Waals surface area (Å²) >= 11 is 0.707. The summed E-state index contributed by atoms with van der Waals surface area (Å²) in [5, 5.41) is -2.02. The molecule has 2 heteroatoms. The van der Waals surface area contributed by atoms with Gasteiger partial charge in [-0.2, -0.15) is 0 Å². The predicted octanol–water partition coefficient (Wildman–Crippen LogP) is 14.3. The molecule has 242 valence electrons. The summed E-state index contributed by atoms with van der Waals surface area (Å²) in [5.41, 5.74) is -8.52. The fourth-order valence-corrected chi connectivity index (χ4v) is 6.96. The molecule has 0 saturated heterocycles. The Balaban J connectivity index is 1.36. The maximum Gasteiger partial charge on any atom is 0.0651 e. The van der Waals surface area contributed by atoms with Crippen molar-refractivity contribution >= 4 is 59.3 Å². The van der Waals surface area contributed by atoms with Crippen LogP contribution in [0.5, 0.6) is 0 Å². The Morgan fingerprint density at radius 2 is 1.02 bits per heavy atom. The Hall–Kier alpha value is -5.96. The lowest BCUT2D eigenvalue weighted by Gasteiger charge is -2.28. The summed E-state index contributed by atoms with van der Waals surface area (Å²) in [6.07, 6.45) is 0. The summed E-state index contributed by atoms with van der Waals surface area (Å²) in [7, 11) is 0. The van der Waals surface area contributed by atoms with E-state index < -0.39 is 231 Å². The quantitative estimate of drug-likeness (QED) is 0.173. The highest BCUT2D eigenvalue weighted by Crippen LogP contribution is 2.51. The van der Waals surface area contributed by atoms with E-state index in [0.717, 1.165) is 0 Å². The van der Waals surface area contributed by atoms with E-state index in [4.69, 9.17) is 20.6 Å². The fourth-order valence-electron chi connectivity index (χ4n) is 6.04. The minimum Gasteiger partial charge on any atom is -0.310 e. The van der Waals surface area contributed by atoms with E-state index in [2.05, 4.69) is 0 Å². The molecule has 0 atom stereocenters. The molecule has 0 unspecified atom stereocenters. The van der Waals surface area contributed by atoms with Crippen LogP contribution in [0.15, 0.2) is 175 Å². The molecule has 1 heterocycles. The molecule has 10 rings (SSSR count). The van der Waals surface area contributed by atoms with Gasteiger partial charge in [-0.3, -0.25) is 0 Å². The standard InChI is InChI=1S/C49H35NS/c1-49(2)45-14-8-6-12-41(45)42-26-25-40(31-46(42)49)50(38-22-18-33(19-23-38)32-10-4-3-5-11-32)39-24-20-35-28-34(16-17-36(35)29-39)37-21-27-48-44(30-37)43-13-7-9-15-47(43)51-48/h3-31H,1-2H3/i3D,4D,5D,6D,7D,8D,9D,10D,11D,12D,13D,14D,15D,16D,17D,18D,19D,20D,21D,22D,23D,24D,25D,26D,27D,28D,29D,30D,31D. The third-order valence-electron chi connectivity index (χ3n) is 8.52. The van der Waals surface area contributed by atoms with Crippen molar-refractivity contribution in [3.63, 3.8) is 0 Å². The van der Waals surface area contributed by atoms with Gasteiger partial charge in [0.25, 0.3) is 0 Å². The van der Waals surface area contributed by atoms with Crippen molar-refractivity contribution in [1.82, 2.24) is 0 Å². The van der Waals surface area contributed by atoms with Gasteiger partial charge in [-0.1, -0.05) is 129 Å². The predicted molar refractivity (Wildman–Crippen MR) is 220 cm³/mol. The number of nitrogens with zero attached hydrogens (tertiary/aromatic N) is 1. The van der Waals surface area contributed by atoms with Crippen LogP contribution >= 0.6 is 11.3 Å². The molecule has 1 aromatic heterocycles. The van der Waals surface area contributed by atoms with E-state index in [-0.39, 0.29) is 42.4 Å². The Kier molecular flexibility index (Phi) is 2.87. The molecule has 0 amide bonds. The number of hydrogen-bond acceptors (Lipinski definition) is 2. The summed E-state index contributed by atoms with van der Waals surface area (Å²) < 4.78 is 262. The minimum atomic E-state index is -1.66. The third-order valence-corrected chi connectivity index (χ3v) is 9.54. The molecule has 0 saturated carbocycles. The highest BCUT2D eigenvalue weighted by molar-refractivity contribution is 7.25. The normalized spacial score (nSPS) is 21.0. The van der Waals surface area contributed by atoms with Gasteiger partial charge in [0.1, 0.15) is 0 Å². The highest BCUT2D eigenvalue weighted by Gasteiger charge is 2.35. The van der Waals surface area contributed by atoms with Crippen LogP contribution in [0, 0.1) is 0 Å². The monoisotopic (exact) mass is 698 g/mol. The molecule has 0 bridgehead atoms. The van der Waals surface area contributed by atoms with Crippen LogP contribution in [-0.2, 0) is 5.41 Å².